The first-order valence-corrected chi connectivity index (χ1v) is 5.67. The van der Waals surface area contributed by atoms with Gasteiger partial charge >= 0.3 is 6.36 Å². The van der Waals surface area contributed by atoms with E-state index in [0.29, 0.717) is 12.6 Å². The van der Waals surface area contributed by atoms with Crippen LogP contribution >= 0.6 is 0 Å². The molecule has 1 saturated heterocycles. The van der Waals surface area contributed by atoms with Crippen LogP contribution in [0, 0.1) is 0 Å². The van der Waals surface area contributed by atoms with Gasteiger partial charge in [0, 0.05) is 32.2 Å². The van der Waals surface area contributed by atoms with Crippen molar-refractivity contribution in [2.75, 3.05) is 32.8 Å². The minimum absolute atomic E-state index is 0.275. The zero-order chi connectivity index (χ0) is 12.0. The van der Waals surface area contributed by atoms with Gasteiger partial charge in [-0.1, -0.05) is 13.3 Å². The second kappa shape index (κ2) is 6.42. The molecule has 1 rings (SSSR count). The lowest BCUT2D eigenvalue weighted by atomic mass is 10.1. The van der Waals surface area contributed by atoms with Crippen molar-refractivity contribution in [2.45, 2.75) is 32.2 Å². The van der Waals surface area contributed by atoms with Crippen LogP contribution in [-0.2, 0) is 4.74 Å². The summed E-state index contributed by atoms with van der Waals surface area (Å²) in [5, 5.41) is 3.35. The molecule has 96 valence electrons. The van der Waals surface area contributed by atoms with E-state index in [1.54, 1.807) is 0 Å². The van der Waals surface area contributed by atoms with Gasteiger partial charge in [0.1, 0.15) is 0 Å². The third-order valence-electron chi connectivity index (χ3n) is 2.65. The van der Waals surface area contributed by atoms with Crippen LogP contribution in [0.15, 0.2) is 0 Å². The van der Waals surface area contributed by atoms with E-state index < -0.39 is 6.36 Å². The smallest absolute Gasteiger partial charge is 0.311 e. The van der Waals surface area contributed by atoms with Gasteiger partial charge in [-0.15, -0.1) is 13.2 Å². The molecule has 0 spiro atoms. The lowest BCUT2D eigenvalue weighted by Gasteiger charge is -2.33. The van der Waals surface area contributed by atoms with E-state index >= 15 is 0 Å². The molecule has 1 atom stereocenters. The minimum Gasteiger partial charge on any atom is -0.311 e. The van der Waals surface area contributed by atoms with Crippen LogP contribution in [0.1, 0.15) is 19.8 Å². The second-order valence-corrected chi connectivity index (χ2v) is 4.03. The molecule has 0 bridgehead atoms. The number of ether oxygens (including phenoxy) is 1. The Morgan fingerprint density at radius 3 is 2.81 bits per heavy atom. The van der Waals surface area contributed by atoms with Gasteiger partial charge in [-0.05, 0) is 6.42 Å². The maximum atomic E-state index is 11.8. The van der Waals surface area contributed by atoms with E-state index in [4.69, 9.17) is 0 Å². The maximum Gasteiger partial charge on any atom is 0.522 e. The van der Waals surface area contributed by atoms with E-state index in [1.165, 1.54) is 0 Å². The lowest BCUT2D eigenvalue weighted by molar-refractivity contribution is -0.325. The van der Waals surface area contributed by atoms with Gasteiger partial charge in [0.25, 0.3) is 0 Å². The van der Waals surface area contributed by atoms with Gasteiger partial charge in [-0.3, -0.25) is 9.64 Å². The van der Waals surface area contributed by atoms with Crippen molar-refractivity contribution >= 4 is 0 Å². The van der Waals surface area contributed by atoms with Crippen LogP contribution < -0.4 is 5.32 Å². The number of piperazine rings is 1. The summed E-state index contributed by atoms with van der Waals surface area (Å²) in [6.45, 7) is 4.63. The highest BCUT2D eigenvalue weighted by Gasteiger charge is 2.29. The molecule has 0 aromatic rings. The number of nitrogens with zero attached hydrogens (tertiary/aromatic N) is 1. The Morgan fingerprint density at radius 2 is 2.19 bits per heavy atom. The third-order valence-corrected chi connectivity index (χ3v) is 2.65. The summed E-state index contributed by atoms with van der Waals surface area (Å²) in [5.41, 5.74) is 0. The molecular formula is C10H19F3N2O. The highest BCUT2D eigenvalue weighted by Crippen LogP contribution is 2.15. The van der Waals surface area contributed by atoms with Gasteiger partial charge in [-0.2, -0.15) is 0 Å². The molecule has 1 aliphatic rings. The number of nitrogens with one attached hydrogen (secondary N) is 1. The fourth-order valence-electron chi connectivity index (χ4n) is 1.93. The average Bonchev–Trinajstić information content (AvgIpc) is 2.17. The van der Waals surface area contributed by atoms with Crippen LogP contribution in [0.5, 0.6) is 0 Å². The van der Waals surface area contributed by atoms with Crippen molar-refractivity contribution in [1.82, 2.24) is 10.2 Å². The predicted octanol–water partition coefficient (Wildman–Crippen LogP) is 1.60. The second-order valence-electron chi connectivity index (χ2n) is 4.03. The third kappa shape index (κ3) is 5.67. The normalized spacial score (nSPS) is 23.6. The van der Waals surface area contributed by atoms with Crippen LogP contribution in [0.3, 0.4) is 0 Å². The van der Waals surface area contributed by atoms with Gasteiger partial charge in [0.2, 0.25) is 0 Å². The molecule has 0 aliphatic carbocycles. The van der Waals surface area contributed by atoms with Gasteiger partial charge < -0.3 is 5.32 Å². The number of halogens is 3. The zero-order valence-corrected chi connectivity index (χ0v) is 9.52. The van der Waals surface area contributed by atoms with Crippen molar-refractivity contribution in [3.63, 3.8) is 0 Å². The van der Waals surface area contributed by atoms with E-state index in [2.05, 4.69) is 17.0 Å². The summed E-state index contributed by atoms with van der Waals surface area (Å²) >= 11 is 0. The first-order valence-electron chi connectivity index (χ1n) is 5.67. The Hall–Kier alpha value is -0.330. The van der Waals surface area contributed by atoms with Crippen LogP contribution in [-0.4, -0.2) is 50.1 Å². The molecule has 3 nitrogen and oxygen atoms in total. The largest absolute Gasteiger partial charge is 0.522 e. The standard InChI is InChI=1S/C10H19F3N2O/c1-2-3-9-8-15(5-4-14-9)6-7-16-10(11,12)13/h9,14H,2-8H2,1H3. The molecule has 0 aromatic carbocycles. The first kappa shape index (κ1) is 13.7. The Balaban J connectivity index is 2.16. The van der Waals surface area contributed by atoms with Gasteiger partial charge in [-0.25, -0.2) is 0 Å². The fraction of sp³-hybridized carbons (Fsp3) is 1.00. The molecule has 16 heavy (non-hydrogen) atoms. The zero-order valence-electron chi connectivity index (χ0n) is 9.52. The van der Waals surface area contributed by atoms with Crippen LogP contribution in [0.2, 0.25) is 0 Å². The summed E-state index contributed by atoms with van der Waals surface area (Å²) in [7, 11) is 0. The fourth-order valence-corrected chi connectivity index (χ4v) is 1.93. The monoisotopic (exact) mass is 240 g/mol. The number of alkyl halides is 3. The predicted molar refractivity (Wildman–Crippen MR) is 55.1 cm³/mol. The highest BCUT2D eigenvalue weighted by atomic mass is 19.4. The molecule has 6 heteroatoms. The summed E-state index contributed by atoms with van der Waals surface area (Å²) in [6, 6.07) is 0.407. The average molecular weight is 240 g/mol. The molecule has 1 heterocycles. The van der Waals surface area contributed by atoms with Crippen LogP contribution in [0.4, 0.5) is 13.2 Å². The Bertz CT molecular complexity index is 197. The Kier molecular flexibility index (Phi) is 5.51. The van der Waals surface area contributed by atoms with E-state index in [-0.39, 0.29) is 6.61 Å². The number of hydrogen-bond acceptors (Lipinski definition) is 3. The van der Waals surface area contributed by atoms with Crippen molar-refractivity contribution in [1.29, 1.82) is 0 Å². The summed E-state index contributed by atoms with van der Waals surface area (Å²) in [6.07, 6.45) is -2.35. The number of hydrogen-bond donors (Lipinski definition) is 1. The number of rotatable bonds is 5. The molecular weight excluding hydrogens is 221 g/mol. The quantitative estimate of drug-likeness (QED) is 0.790. The Morgan fingerprint density at radius 1 is 1.44 bits per heavy atom. The van der Waals surface area contributed by atoms with Crippen molar-refractivity contribution in [3.8, 4) is 0 Å². The molecule has 0 radical (unpaired) electrons. The van der Waals surface area contributed by atoms with Gasteiger partial charge in [0.15, 0.2) is 0 Å². The minimum atomic E-state index is -4.50. The van der Waals surface area contributed by atoms with Crippen molar-refractivity contribution in [3.05, 3.63) is 0 Å². The highest BCUT2D eigenvalue weighted by molar-refractivity contribution is 4.77. The molecule has 0 amide bonds. The molecule has 0 aromatic heterocycles. The van der Waals surface area contributed by atoms with E-state index in [9.17, 15) is 13.2 Å². The van der Waals surface area contributed by atoms with Crippen LogP contribution in [0.25, 0.3) is 0 Å². The van der Waals surface area contributed by atoms with Crippen molar-refractivity contribution < 1.29 is 17.9 Å². The Labute approximate surface area is 93.9 Å². The summed E-state index contributed by atoms with van der Waals surface area (Å²) < 4.78 is 39.0. The van der Waals surface area contributed by atoms with E-state index in [1.807, 2.05) is 4.90 Å². The molecule has 1 N–H and O–H groups in total. The van der Waals surface area contributed by atoms with Crippen molar-refractivity contribution in [2.24, 2.45) is 0 Å². The molecule has 1 fully saturated rings. The molecule has 0 saturated carbocycles. The topological polar surface area (TPSA) is 24.5 Å². The van der Waals surface area contributed by atoms with Gasteiger partial charge in [0.05, 0.1) is 6.61 Å². The summed E-state index contributed by atoms with van der Waals surface area (Å²) in [4.78, 5) is 2.02. The lowest BCUT2D eigenvalue weighted by Crippen LogP contribution is -2.51. The SMILES string of the molecule is CCCC1CN(CCOC(F)(F)F)CCN1. The summed E-state index contributed by atoms with van der Waals surface area (Å²) in [5.74, 6) is 0. The molecule has 1 unspecified atom stereocenters. The maximum absolute atomic E-state index is 11.8. The molecule has 1 aliphatic heterocycles. The van der Waals surface area contributed by atoms with E-state index in [0.717, 1.165) is 32.5 Å². The first-order chi connectivity index (χ1) is 7.51.